The molecule has 1 atom stereocenters. The number of carboxylic acids is 1. The van der Waals surface area contributed by atoms with Gasteiger partial charge in [-0.3, -0.25) is 8.70 Å². The second-order valence-corrected chi connectivity index (χ2v) is 10.4. The molecule has 35 heavy (non-hydrogen) atoms. The lowest BCUT2D eigenvalue weighted by Gasteiger charge is -2.21. The average Bonchev–Trinajstić information content (AvgIpc) is 2.77. The van der Waals surface area contributed by atoms with E-state index >= 15 is 4.39 Å². The van der Waals surface area contributed by atoms with Crippen LogP contribution in [0.2, 0.25) is 0 Å². The van der Waals surface area contributed by atoms with Gasteiger partial charge in [0.15, 0.2) is 21.5 Å². The summed E-state index contributed by atoms with van der Waals surface area (Å²) in [6, 6.07) is 3.68. The van der Waals surface area contributed by atoms with Crippen molar-refractivity contribution in [2.45, 2.75) is 25.3 Å². The maximum Gasteiger partial charge on any atom is 0.338 e. The van der Waals surface area contributed by atoms with Crippen LogP contribution in [0.1, 0.15) is 28.8 Å². The van der Waals surface area contributed by atoms with Gasteiger partial charge in [-0.25, -0.2) is 34.8 Å². The number of hydrogen-bond donors (Lipinski definition) is 3. The lowest BCUT2D eigenvalue weighted by Crippen LogP contribution is -2.29. The van der Waals surface area contributed by atoms with Gasteiger partial charge in [0, 0.05) is 24.2 Å². The summed E-state index contributed by atoms with van der Waals surface area (Å²) in [5.41, 5.74) is 1.73. The molecule has 0 aromatic heterocycles. The van der Waals surface area contributed by atoms with Crippen LogP contribution in [-0.2, 0) is 20.7 Å². The number of aromatic carboxylic acids is 1. The SMILES string of the molecule is Cc1c(Oc2c(F)ccc(N(CCC(F)S(=O)(=O)CCCF)[SH](=O)=O)c2F)ccc(N)c1C(=O)O. The molecule has 3 N–H and O–H groups in total. The minimum absolute atomic E-state index is 0.0628. The highest BCUT2D eigenvalue weighted by Crippen LogP contribution is 2.37. The molecular formula is C20H22F4N2O7S2. The molecule has 2 aromatic carbocycles. The Kier molecular flexibility index (Phi) is 9.31. The quantitative estimate of drug-likeness (QED) is 0.211. The number of alkyl halides is 2. The Morgan fingerprint density at radius 1 is 1.23 bits per heavy atom. The monoisotopic (exact) mass is 542 g/mol. The summed E-state index contributed by atoms with van der Waals surface area (Å²) in [5, 5.41) is 9.28. The lowest BCUT2D eigenvalue weighted by atomic mass is 10.1. The Labute approximate surface area is 200 Å². The van der Waals surface area contributed by atoms with Crippen LogP contribution in [0.15, 0.2) is 24.3 Å². The summed E-state index contributed by atoms with van der Waals surface area (Å²) < 4.78 is 108. The number of nitrogens with two attached hydrogens (primary N) is 1. The summed E-state index contributed by atoms with van der Waals surface area (Å²) in [5.74, 6) is -6.37. The third-order valence-electron chi connectivity index (χ3n) is 4.90. The van der Waals surface area contributed by atoms with Gasteiger partial charge in [0.25, 0.3) is 0 Å². The standard InChI is InChI=1S/C20H22F4N2O7S2/c1-11-15(6-4-13(25)17(11)20(27)28)33-19-12(22)3-5-14(18(19)24)26(34(29)30)9-7-16(23)35(31,32)10-2-8-21/h3-6,16,34H,2,7-10,25H2,1H3,(H,27,28). The Hall–Kier alpha value is -3.07. The minimum Gasteiger partial charge on any atom is -0.478 e. The van der Waals surface area contributed by atoms with Crippen molar-refractivity contribution in [3.8, 4) is 11.5 Å². The molecule has 0 bridgehead atoms. The second kappa shape index (κ2) is 11.6. The lowest BCUT2D eigenvalue weighted by molar-refractivity contribution is 0.0697. The summed E-state index contributed by atoms with van der Waals surface area (Å²) in [4.78, 5) is 11.4. The van der Waals surface area contributed by atoms with Crippen LogP contribution in [0.3, 0.4) is 0 Å². The predicted octanol–water partition coefficient (Wildman–Crippen LogP) is 3.14. The molecule has 15 heteroatoms. The van der Waals surface area contributed by atoms with Gasteiger partial charge >= 0.3 is 5.97 Å². The third kappa shape index (κ3) is 6.54. The molecule has 0 aliphatic heterocycles. The van der Waals surface area contributed by atoms with Crippen molar-refractivity contribution >= 4 is 38.1 Å². The molecule has 0 radical (unpaired) electrons. The molecule has 0 aliphatic rings. The third-order valence-corrected chi connectivity index (χ3v) is 7.58. The molecule has 0 fully saturated rings. The highest BCUT2D eigenvalue weighted by Gasteiger charge is 2.28. The van der Waals surface area contributed by atoms with Crippen molar-refractivity contribution in [3.05, 3.63) is 47.0 Å². The van der Waals surface area contributed by atoms with E-state index in [4.69, 9.17) is 10.5 Å². The fraction of sp³-hybridized carbons (Fsp3) is 0.350. The van der Waals surface area contributed by atoms with E-state index in [0.717, 1.165) is 18.2 Å². The van der Waals surface area contributed by atoms with Crippen LogP contribution in [0.25, 0.3) is 0 Å². The molecule has 2 aromatic rings. The number of carboxylic acid groups (broad SMARTS) is 1. The van der Waals surface area contributed by atoms with E-state index in [2.05, 4.69) is 0 Å². The van der Waals surface area contributed by atoms with Gasteiger partial charge < -0.3 is 15.6 Å². The zero-order valence-corrected chi connectivity index (χ0v) is 19.9. The number of thiol groups is 1. The number of carbonyl (C=O) groups is 1. The minimum atomic E-state index is -4.38. The summed E-state index contributed by atoms with van der Waals surface area (Å²) in [7, 11) is -8.02. The molecule has 0 spiro atoms. The Bertz CT molecular complexity index is 1280. The van der Waals surface area contributed by atoms with Crippen molar-refractivity contribution in [3.63, 3.8) is 0 Å². The maximum atomic E-state index is 15.2. The van der Waals surface area contributed by atoms with Crippen LogP contribution < -0.4 is 14.8 Å². The molecule has 1 unspecified atom stereocenters. The molecule has 0 amide bonds. The smallest absolute Gasteiger partial charge is 0.338 e. The number of nitrogens with zero attached hydrogens (tertiary/aromatic N) is 1. The van der Waals surface area contributed by atoms with Crippen LogP contribution in [-0.4, -0.2) is 52.4 Å². The van der Waals surface area contributed by atoms with Gasteiger partial charge in [-0.2, -0.15) is 0 Å². The van der Waals surface area contributed by atoms with Crippen molar-refractivity contribution in [1.29, 1.82) is 0 Å². The number of nitrogen functional groups attached to an aromatic ring is 1. The van der Waals surface area contributed by atoms with Gasteiger partial charge in [0.05, 0.1) is 23.7 Å². The van der Waals surface area contributed by atoms with Crippen LogP contribution in [0.5, 0.6) is 11.5 Å². The molecule has 2 rings (SSSR count). The van der Waals surface area contributed by atoms with Gasteiger partial charge in [-0.1, -0.05) is 0 Å². The van der Waals surface area contributed by atoms with Gasteiger partial charge in [0.1, 0.15) is 5.75 Å². The second-order valence-electron chi connectivity index (χ2n) is 7.24. The predicted molar refractivity (Wildman–Crippen MR) is 121 cm³/mol. The van der Waals surface area contributed by atoms with E-state index in [1.165, 1.54) is 6.92 Å². The molecule has 0 saturated carbocycles. The van der Waals surface area contributed by atoms with Crippen molar-refractivity contribution in [1.82, 2.24) is 0 Å². The molecule has 194 valence electrons. The number of rotatable bonds is 12. The number of halogens is 4. The van der Waals surface area contributed by atoms with Crippen LogP contribution in [0.4, 0.5) is 28.9 Å². The normalized spacial score (nSPS) is 12.5. The van der Waals surface area contributed by atoms with Crippen LogP contribution in [0, 0.1) is 18.6 Å². The molecular weight excluding hydrogens is 520 g/mol. The zero-order valence-electron chi connectivity index (χ0n) is 18.2. The molecule has 0 aliphatic carbocycles. The number of anilines is 2. The van der Waals surface area contributed by atoms with Crippen molar-refractivity contribution < 1.29 is 49.0 Å². The summed E-state index contributed by atoms with van der Waals surface area (Å²) in [6.45, 7) is -0.545. The van der Waals surface area contributed by atoms with Crippen molar-refractivity contribution in [2.75, 3.05) is 29.0 Å². The first-order chi connectivity index (χ1) is 16.3. The number of benzene rings is 2. The average molecular weight is 543 g/mol. The Balaban J connectivity index is 2.40. The van der Waals surface area contributed by atoms with E-state index < -0.39 is 87.1 Å². The Morgan fingerprint density at radius 2 is 1.89 bits per heavy atom. The van der Waals surface area contributed by atoms with E-state index in [1.807, 2.05) is 0 Å². The fourth-order valence-corrected chi connectivity index (χ4v) is 4.95. The number of ether oxygens (including phenoxy) is 1. The first kappa shape index (κ1) is 28.2. The van der Waals surface area contributed by atoms with Gasteiger partial charge in [-0.15, -0.1) is 0 Å². The number of hydrogen-bond acceptors (Lipinski definition) is 7. The van der Waals surface area contributed by atoms with E-state index in [0.29, 0.717) is 10.4 Å². The summed E-state index contributed by atoms with van der Waals surface area (Å²) in [6.07, 6.45) is -1.34. The highest BCUT2D eigenvalue weighted by molar-refractivity contribution is 7.91. The first-order valence-corrected chi connectivity index (χ1v) is 12.8. The van der Waals surface area contributed by atoms with Crippen LogP contribution >= 0.6 is 0 Å². The maximum absolute atomic E-state index is 15.2. The zero-order chi connectivity index (χ0) is 26.5. The number of sulfone groups is 1. The largest absolute Gasteiger partial charge is 0.478 e. The topological polar surface area (TPSA) is 144 Å². The molecule has 9 nitrogen and oxygen atoms in total. The summed E-state index contributed by atoms with van der Waals surface area (Å²) >= 11 is 0. The fourth-order valence-electron chi connectivity index (χ4n) is 3.11. The molecule has 0 heterocycles. The van der Waals surface area contributed by atoms with Gasteiger partial charge in [-0.05, 0) is 37.6 Å². The van der Waals surface area contributed by atoms with E-state index in [1.54, 1.807) is 0 Å². The van der Waals surface area contributed by atoms with E-state index in [-0.39, 0.29) is 22.6 Å². The Morgan fingerprint density at radius 3 is 2.46 bits per heavy atom. The van der Waals surface area contributed by atoms with Crippen molar-refractivity contribution in [2.24, 2.45) is 0 Å². The highest BCUT2D eigenvalue weighted by atomic mass is 32.2. The molecule has 0 saturated heterocycles. The van der Waals surface area contributed by atoms with E-state index in [9.17, 15) is 39.9 Å². The first-order valence-electron chi connectivity index (χ1n) is 9.93. The van der Waals surface area contributed by atoms with Gasteiger partial charge in [0.2, 0.25) is 22.1 Å².